The van der Waals surface area contributed by atoms with Crippen LogP contribution in [0.15, 0.2) is 22.7 Å². The van der Waals surface area contributed by atoms with E-state index in [0.717, 1.165) is 37.1 Å². The Morgan fingerprint density at radius 3 is 3.05 bits per heavy atom. The van der Waals surface area contributed by atoms with Gasteiger partial charge in [0.25, 0.3) is 5.69 Å². The maximum absolute atomic E-state index is 10.9. The van der Waals surface area contributed by atoms with Crippen LogP contribution in [0.4, 0.5) is 5.69 Å². The molecule has 5 nitrogen and oxygen atoms in total. The highest BCUT2D eigenvalue weighted by molar-refractivity contribution is 9.10. The Bertz CT molecular complexity index is 448. The second-order valence-corrected chi connectivity index (χ2v) is 5.66. The fourth-order valence-electron chi connectivity index (χ4n) is 2.25. The number of nitrogens with zero attached hydrogens (tertiary/aromatic N) is 1. The van der Waals surface area contributed by atoms with Crippen molar-refractivity contribution in [2.75, 3.05) is 19.8 Å². The van der Waals surface area contributed by atoms with Gasteiger partial charge >= 0.3 is 0 Å². The number of benzene rings is 1. The zero-order valence-corrected chi connectivity index (χ0v) is 12.2. The molecule has 104 valence electrons. The van der Waals surface area contributed by atoms with Gasteiger partial charge in [0, 0.05) is 35.8 Å². The number of nitro groups is 1. The summed E-state index contributed by atoms with van der Waals surface area (Å²) in [7, 11) is 0. The molecule has 1 aliphatic rings. The van der Waals surface area contributed by atoms with E-state index in [1.807, 2.05) is 0 Å². The van der Waals surface area contributed by atoms with E-state index in [4.69, 9.17) is 4.74 Å². The van der Waals surface area contributed by atoms with Gasteiger partial charge in [-0.2, -0.15) is 0 Å². The lowest BCUT2D eigenvalue weighted by Gasteiger charge is -2.22. The summed E-state index contributed by atoms with van der Waals surface area (Å²) in [5, 5.41) is 14.2. The first-order valence-corrected chi connectivity index (χ1v) is 7.17. The minimum absolute atomic E-state index is 0.163. The van der Waals surface area contributed by atoms with Crippen LogP contribution in [0.25, 0.3) is 0 Å². The molecule has 1 aromatic rings. The van der Waals surface area contributed by atoms with Crippen molar-refractivity contribution in [1.82, 2.24) is 5.32 Å². The maximum atomic E-state index is 10.9. The van der Waals surface area contributed by atoms with Crippen LogP contribution in [0.2, 0.25) is 0 Å². The SMILES string of the molecule is O=[N+]([O-])c1ccc(Br)cc1CNCC1CCCOC1. The highest BCUT2D eigenvalue weighted by Crippen LogP contribution is 2.23. The molecule has 0 aliphatic carbocycles. The van der Waals surface area contributed by atoms with Crippen molar-refractivity contribution in [3.8, 4) is 0 Å². The van der Waals surface area contributed by atoms with E-state index in [-0.39, 0.29) is 10.6 Å². The van der Waals surface area contributed by atoms with Crippen LogP contribution in [-0.4, -0.2) is 24.7 Å². The highest BCUT2D eigenvalue weighted by atomic mass is 79.9. The third-order valence-electron chi connectivity index (χ3n) is 3.24. The maximum Gasteiger partial charge on any atom is 0.273 e. The molecular formula is C13H17BrN2O3. The monoisotopic (exact) mass is 328 g/mol. The Labute approximate surface area is 120 Å². The molecule has 1 unspecified atom stereocenters. The lowest BCUT2D eigenvalue weighted by Crippen LogP contribution is -2.29. The van der Waals surface area contributed by atoms with Gasteiger partial charge in [0.2, 0.25) is 0 Å². The third kappa shape index (κ3) is 4.26. The van der Waals surface area contributed by atoms with Gasteiger partial charge in [0.05, 0.1) is 11.5 Å². The van der Waals surface area contributed by atoms with Crippen LogP contribution in [-0.2, 0) is 11.3 Å². The van der Waals surface area contributed by atoms with Gasteiger partial charge in [0.15, 0.2) is 0 Å². The molecule has 19 heavy (non-hydrogen) atoms. The normalized spacial score (nSPS) is 19.3. The van der Waals surface area contributed by atoms with E-state index in [1.165, 1.54) is 6.07 Å². The lowest BCUT2D eigenvalue weighted by molar-refractivity contribution is -0.385. The van der Waals surface area contributed by atoms with E-state index in [0.29, 0.717) is 18.0 Å². The topological polar surface area (TPSA) is 64.4 Å². The molecule has 0 saturated carbocycles. The quantitative estimate of drug-likeness (QED) is 0.666. The number of nitrogens with one attached hydrogen (secondary N) is 1. The second kappa shape index (κ2) is 6.98. The van der Waals surface area contributed by atoms with Gasteiger partial charge in [-0.15, -0.1) is 0 Å². The van der Waals surface area contributed by atoms with Crippen LogP contribution in [0, 0.1) is 16.0 Å². The third-order valence-corrected chi connectivity index (χ3v) is 3.73. The predicted octanol–water partition coefficient (Wildman–Crippen LogP) is 2.87. The molecule has 1 fully saturated rings. The standard InChI is InChI=1S/C13H17BrN2O3/c14-12-3-4-13(16(17)18)11(6-12)8-15-7-10-2-1-5-19-9-10/h3-4,6,10,15H,1-2,5,7-9H2. The van der Waals surface area contributed by atoms with E-state index in [9.17, 15) is 10.1 Å². The summed E-state index contributed by atoms with van der Waals surface area (Å²) in [6.07, 6.45) is 2.26. The smallest absolute Gasteiger partial charge is 0.273 e. The van der Waals surface area contributed by atoms with Crippen molar-refractivity contribution in [2.45, 2.75) is 19.4 Å². The first-order valence-electron chi connectivity index (χ1n) is 6.38. The summed E-state index contributed by atoms with van der Waals surface area (Å²) in [5.74, 6) is 0.514. The first-order chi connectivity index (χ1) is 9.16. The molecule has 1 atom stereocenters. The number of ether oxygens (including phenoxy) is 1. The molecule has 0 amide bonds. The summed E-state index contributed by atoms with van der Waals surface area (Å²) in [5.41, 5.74) is 0.867. The summed E-state index contributed by atoms with van der Waals surface area (Å²) in [6.45, 7) is 2.98. The average molecular weight is 329 g/mol. The number of rotatable bonds is 5. The minimum atomic E-state index is -0.340. The summed E-state index contributed by atoms with van der Waals surface area (Å²) >= 11 is 3.34. The molecule has 0 radical (unpaired) electrons. The first kappa shape index (κ1) is 14.4. The predicted molar refractivity (Wildman–Crippen MR) is 76.0 cm³/mol. The molecule has 2 rings (SSSR count). The summed E-state index contributed by atoms with van der Waals surface area (Å²) < 4.78 is 6.27. The van der Waals surface area contributed by atoms with Gasteiger partial charge < -0.3 is 10.1 Å². The number of nitro benzene ring substituents is 1. The molecule has 1 aliphatic heterocycles. The Morgan fingerprint density at radius 1 is 1.53 bits per heavy atom. The Hall–Kier alpha value is -0.980. The van der Waals surface area contributed by atoms with Gasteiger partial charge in [0.1, 0.15) is 0 Å². The van der Waals surface area contributed by atoms with Crippen LogP contribution >= 0.6 is 15.9 Å². The molecule has 1 heterocycles. The Balaban J connectivity index is 1.91. The Morgan fingerprint density at radius 2 is 2.37 bits per heavy atom. The lowest BCUT2D eigenvalue weighted by atomic mass is 10.0. The van der Waals surface area contributed by atoms with Crippen molar-refractivity contribution in [1.29, 1.82) is 0 Å². The summed E-state index contributed by atoms with van der Waals surface area (Å²) in [4.78, 5) is 10.6. The van der Waals surface area contributed by atoms with Crippen molar-refractivity contribution < 1.29 is 9.66 Å². The van der Waals surface area contributed by atoms with Crippen LogP contribution in [0.5, 0.6) is 0 Å². The van der Waals surface area contributed by atoms with Gasteiger partial charge in [-0.25, -0.2) is 0 Å². The van der Waals surface area contributed by atoms with E-state index < -0.39 is 0 Å². The zero-order valence-electron chi connectivity index (χ0n) is 10.6. The molecular weight excluding hydrogens is 312 g/mol. The minimum Gasteiger partial charge on any atom is -0.381 e. The van der Waals surface area contributed by atoms with Crippen molar-refractivity contribution in [3.05, 3.63) is 38.3 Å². The van der Waals surface area contributed by atoms with Crippen LogP contribution in [0.3, 0.4) is 0 Å². The largest absolute Gasteiger partial charge is 0.381 e. The van der Waals surface area contributed by atoms with Crippen LogP contribution in [0.1, 0.15) is 18.4 Å². The fraction of sp³-hybridized carbons (Fsp3) is 0.538. The number of hydrogen-bond donors (Lipinski definition) is 1. The Kier molecular flexibility index (Phi) is 5.30. The van der Waals surface area contributed by atoms with Crippen molar-refractivity contribution >= 4 is 21.6 Å². The molecule has 0 spiro atoms. The van der Waals surface area contributed by atoms with Crippen molar-refractivity contribution in [2.24, 2.45) is 5.92 Å². The van der Waals surface area contributed by atoms with E-state index in [1.54, 1.807) is 12.1 Å². The molecule has 1 saturated heterocycles. The molecule has 0 aromatic heterocycles. The molecule has 1 aromatic carbocycles. The molecule has 0 bridgehead atoms. The van der Waals surface area contributed by atoms with Crippen molar-refractivity contribution in [3.63, 3.8) is 0 Å². The number of hydrogen-bond acceptors (Lipinski definition) is 4. The average Bonchev–Trinajstić information content (AvgIpc) is 2.39. The second-order valence-electron chi connectivity index (χ2n) is 4.74. The van der Waals surface area contributed by atoms with Gasteiger partial charge in [-0.05, 0) is 30.9 Å². The highest BCUT2D eigenvalue weighted by Gasteiger charge is 2.16. The van der Waals surface area contributed by atoms with Crippen LogP contribution < -0.4 is 5.32 Å². The fourth-order valence-corrected chi connectivity index (χ4v) is 2.66. The van der Waals surface area contributed by atoms with Gasteiger partial charge in [-0.1, -0.05) is 15.9 Å². The number of halogens is 1. The molecule has 1 N–H and O–H groups in total. The zero-order chi connectivity index (χ0) is 13.7. The van der Waals surface area contributed by atoms with E-state index >= 15 is 0 Å². The summed E-state index contributed by atoms with van der Waals surface area (Å²) in [6, 6.07) is 5.02. The van der Waals surface area contributed by atoms with E-state index in [2.05, 4.69) is 21.2 Å². The van der Waals surface area contributed by atoms with Gasteiger partial charge in [-0.3, -0.25) is 10.1 Å². The molecule has 6 heteroatoms.